The van der Waals surface area contributed by atoms with E-state index in [-0.39, 0.29) is 5.91 Å². The lowest BCUT2D eigenvalue weighted by Gasteiger charge is -2.09. The van der Waals surface area contributed by atoms with Crippen LogP contribution in [0.5, 0.6) is 11.5 Å². The smallest absolute Gasteiger partial charge is 0.269 e. The molecule has 0 aliphatic heterocycles. The van der Waals surface area contributed by atoms with Gasteiger partial charge in [-0.3, -0.25) is 9.89 Å². The maximum atomic E-state index is 12.8. The van der Waals surface area contributed by atoms with Crippen molar-refractivity contribution < 1.29 is 19.0 Å². The number of hydrogen-bond acceptors (Lipinski definition) is 10. The first kappa shape index (κ1) is 26.2. The van der Waals surface area contributed by atoms with Crippen LogP contribution in [-0.4, -0.2) is 82.6 Å². The number of aromatic nitrogens is 6. The Morgan fingerprint density at radius 3 is 2.76 bits per heavy atom. The molecule has 0 unspecified atom stereocenters. The Labute approximate surface area is 218 Å². The minimum Gasteiger partial charge on any atom is -0.497 e. The second kappa shape index (κ2) is 12.4. The highest BCUT2D eigenvalue weighted by molar-refractivity contribution is 7.99. The van der Waals surface area contributed by atoms with Gasteiger partial charge in [-0.05, 0) is 30.0 Å². The van der Waals surface area contributed by atoms with Gasteiger partial charge >= 0.3 is 0 Å². The summed E-state index contributed by atoms with van der Waals surface area (Å²) < 4.78 is 17.6. The first-order valence-corrected chi connectivity index (χ1v) is 12.7. The molecule has 3 aromatic heterocycles. The Morgan fingerprint density at radius 1 is 1.14 bits per heavy atom. The van der Waals surface area contributed by atoms with Gasteiger partial charge in [-0.1, -0.05) is 18.7 Å². The Balaban J connectivity index is 1.44. The molecule has 0 bridgehead atoms. The van der Waals surface area contributed by atoms with Crippen LogP contribution in [0.4, 0.5) is 5.82 Å². The zero-order valence-electron chi connectivity index (χ0n) is 21.2. The Kier molecular flexibility index (Phi) is 8.80. The molecule has 0 spiro atoms. The lowest BCUT2D eigenvalue weighted by Crippen LogP contribution is -2.27. The zero-order valence-corrected chi connectivity index (χ0v) is 22.0. The third kappa shape index (κ3) is 6.12. The molecule has 13 heteroatoms. The van der Waals surface area contributed by atoms with E-state index in [4.69, 9.17) is 14.2 Å². The number of benzene rings is 1. The van der Waals surface area contributed by atoms with E-state index in [1.54, 1.807) is 62.2 Å². The van der Waals surface area contributed by atoms with Crippen LogP contribution in [0, 0.1) is 0 Å². The van der Waals surface area contributed by atoms with Crippen LogP contribution < -0.4 is 20.1 Å². The van der Waals surface area contributed by atoms with Crippen molar-refractivity contribution in [3.05, 3.63) is 36.2 Å². The van der Waals surface area contributed by atoms with Gasteiger partial charge in [0, 0.05) is 25.8 Å². The van der Waals surface area contributed by atoms with Gasteiger partial charge in [-0.25, -0.2) is 14.6 Å². The number of carbonyl (C=O) groups excluding carboxylic acids is 1. The Morgan fingerprint density at radius 2 is 2.00 bits per heavy atom. The summed E-state index contributed by atoms with van der Waals surface area (Å²) in [7, 11) is 4.83. The van der Waals surface area contributed by atoms with E-state index >= 15 is 0 Å². The fourth-order valence-electron chi connectivity index (χ4n) is 3.66. The number of fused-ring (bicyclic) bond motifs is 1. The molecule has 1 aromatic carbocycles. The van der Waals surface area contributed by atoms with Crippen molar-refractivity contribution in [2.75, 3.05) is 52.1 Å². The third-order valence-corrected chi connectivity index (χ3v) is 6.19. The number of nitrogens with zero attached hydrogens (tertiary/aromatic N) is 5. The summed E-state index contributed by atoms with van der Waals surface area (Å²) >= 11 is 1.55. The number of thioether (sulfide) groups is 1. The number of H-pyrrole nitrogens is 1. The molecule has 1 amide bonds. The molecule has 0 saturated carbocycles. The molecule has 196 valence electrons. The average molecular weight is 527 g/mol. The summed E-state index contributed by atoms with van der Waals surface area (Å²) in [6.07, 6.45) is 1.73. The summed E-state index contributed by atoms with van der Waals surface area (Å²) in [6.45, 7) is 4.01. The molecular formula is C24H30N8O4S. The molecular weight excluding hydrogens is 496 g/mol. The number of rotatable bonds is 13. The van der Waals surface area contributed by atoms with E-state index in [0.29, 0.717) is 65.7 Å². The van der Waals surface area contributed by atoms with Crippen LogP contribution in [0.1, 0.15) is 17.4 Å². The topological polar surface area (TPSA) is 141 Å². The van der Waals surface area contributed by atoms with Crippen molar-refractivity contribution >= 4 is 34.5 Å². The summed E-state index contributed by atoms with van der Waals surface area (Å²) in [5.41, 5.74) is 2.33. The summed E-state index contributed by atoms with van der Waals surface area (Å²) in [6, 6.07) is 7.08. The zero-order chi connectivity index (χ0) is 26.2. The number of methoxy groups -OCH3 is 3. The fraction of sp³-hybridized carbons (Fsp3) is 0.375. The second-order valence-electron chi connectivity index (χ2n) is 7.80. The van der Waals surface area contributed by atoms with Gasteiger partial charge in [0.2, 0.25) is 0 Å². The largest absolute Gasteiger partial charge is 0.497 e. The number of nitrogens with one attached hydrogen (secondary N) is 3. The minimum absolute atomic E-state index is 0.282. The molecule has 3 heterocycles. The van der Waals surface area contributed by atoms with Gasteiger partial charge in [0.1, 0.15) is 23.0 Å². The first-order chi connectivity index (χ1) is 18.1. The maximum absolute atomic E-state index is 12.8. The van der Waals surface area contributed by atoms with Crippen LogP contribution in [0.2, 0.25) is 0 Å². The van der Waals surface area contributed by atoms with Crippen LogP contribution >= 0.6 is 11.8 Å². The standard InChI is InChI=1S/C24H30N8O4S/c1-5-37-24-28-21(25-9-11-34-2)17-14-27-32(22(17)29-24)10-8-26-23(33)19-13-18(30-31-19)16-12-15(35-3)6-7-20(16)36-4/h6-7,12-14H,5,8-11H2,1-4H3,(H,26,33)(H,30,31)(H,25,28,29). The molecule has 0 saturated heterocycles. The van der Waals surface area contributed by atoms with Crippen molar-refractivity contribution in [3.63, 3.8) is 0 Å². The molecule has 0 atom stereocenters. The van der Waals surface area contributed by atoms with E-state index < -0.39 is 0 Å². The molecule has 0 fully saturated rings. The van der Waals surface area contributed by atoms with Crippen molar-refractivity contribution in [2.45, 2.75) is 18.6 Å². The SMILES string of the molecule is CCSc1nc(NCCOC)c2cnn(CCNC(=O)c3cc(-c4cc(OC)ccc4OC)n[nH]3)c2n1. The van der Waals surface area contributed by atoms with Gasteiger partial charge in [0.25, 0.3) is 5.91 Å². The summed E-state index contributed by atoms with van der Waals surface area (Å²) in [4.78, 5) is 22.1. The highest BCUT2D eigenvalue weighted by Gasteiger charge is 2.16. The lowest BCUT2D eigenvalue weighted by atomic mass is 10.1. The van der Waals surface area contributed by atoms with Gasteiger partial charge in [0.05, 0.1) is 44.6 Å². The predicted molar refractivity (Wildman–Crippen MR) is 142 cm³/mol. The number of carbonyl (C=O) groups is 1. The molecule has 0 aliphatic rings. The average Bonchev–Trinajstić information content (AvgIpc) is 3.57. The normalized spacial score (nSPS) is 11.0. The van der Waals surface area contributed by atoms with Crippen molar-refractivity contribution in [2.24, 2.45) is 0 Å². The van der Waals surface area contributed by atoms with E-state index in [0.717, 1.165) is 16.7 Å². The van der Waals surface area contributed by atoms with E-state index in [1.165, 1.54) is 0 Å². The lowest BCUT2D eigenvalue weighted by molar-refractivity contribution is 0.0947. The minimum atomic E-state index is -0.282. The third-order valence-electron chi connectivity index (χ3n) is 5.46. The number of ether oxygens (including phenoxy) is 3. The summed E-state index contributed by atoms with van der Waals surface area (Å²) in [5, 5.41) is 19.2. The van der Waals surface area contributed by atoms with E-state index in [1.807, 2.05) is 13.0 Å². The van der Waals surface area contributed by atoms with Gasteiger partial charge < -0.3 is 24.8 Å². The molecule has 4 rings (SSSR count). The van der Waals surface area contributed by atoms with E-state index in [9.17, 15) is 4.79 Å². The first-order valence-electron chi connectivity index (χ1n) is 11.7. The quantitative estimate of drug-likeness (QED) is 0.135. The molecule has 0 radical (unpaired) electrons. The predicted octanol–water partition coefficient (Wildman–Crippen LogP) is 2.83. The van der Waals surface area contributed by atoms with Crippen molar-refractivity contribution in [3.8, 4) is 22.8 Å². The number of amides is 1. The highest BCUT2D eigenvalue weighted by Crippen LogP contribution is 2.32. The van der Waals surface area contributed by atoms with Gasteiger partial charge in [0.15, 0.2) is 10.8 Å². The van der Waals surface area contributed by atoms with Crippen LogP contribution in [-0.2, 0) is 11.3 Å². The van der Waals surface area contributed by atoms with Crippen LogP contribution in [0.15, 0.2) is 35.6 Å². The monoisotopic (exact) mass is 526 g/mol. The summed E-state index contributed by atoms with van der Waals surface area (Å²) in [5.74, 6) is 2.57. The van der Waals surface area contributed by atoms with Gasteiger partial charge in [-0.2, -0.15) is 10.2 Å². The van der Waals surface area contributed by atoms with Crippen molar-refractivity contribution in [1.29, 1.82) is 0 Å². The molecule has 3 N–H and O–H groups in total. The maximum Gasteiger partial charge on any atom is 0.269 e. The van der Waals surface area contributed by atoms with E-state index in [2.05, 4.69) is 35.9 Å². The fourth-order valence-corrected chi connectivity index (χ4v) is 4.22. The molecule has 4 aromatic rings. The second-order valence-corrected chi connectivity index (χ2v) is 9.03. The number of anilines is 1. The van der Waals surface area contributed by atoms with Crippen LogP contribution in [0.3, 0.4) is 0 Å². The van der Waals surface area contributed by atoms with Gasteiger partial charge in [-0.15, -0.1) is 0 Å². The Hall–Kier alpha value is -3.84. The van der Waals surface area contributed by atoms with Crippen molar-refractivity contribution in [1.82, 2.24) is 35.3 Å². The molecule has 12 nitrogen and oxygen atoms in total. The number of aromatic amines is 1. The molecule has 37 heavy (non-hydrogen) atoms. The highest BCUT2D eigenvalue weighted by atomic mass is 32.2. The van der Waals surface area contributed by atoms with Crippen LogP contribution in [0.25, 0.3) is 22.3 Å². The molecule has 0 aliphatic carbocycles. The number of hydrogen-bond donors (Lipinski definition) is 3. The Bertz CT molecular complexity index is 1360.